The van der Waals surface area contributed by atoms with E-state index in [4.69, 9.17) is 4.79 Å². The van der Waals surface area contributed by atoms with Gasteiger partial charge in [-0.2, -0.15) is 0 Å². The molecule has 0 bridgehead atoms. The molecule has 1 unspecified atom stereocenters. The van der Waals surface area contributed by atoms with Gasteiger partial charge in [-0.25, -0.2) is 0 Å². The summed E-state index contributed by atoms with van der Waals surface area (Å²) in [5, 5.41) is 0. The molecule has 0 aliphatic carbocycles. The molecule has 0 aliphatic heterocycles. The Morgan fingerprint density at radius 3 is 2.40 bits per heavy atom. The molecule has 0 rings (SSSR count). The zero-order valence-corrected chi connectivity index (χ0v) is 3.76. The summed E-state index contributed by atoms with van der Waals surface area (Å²) in [4.78, 5) is 9.10. The molecule has 5 heavy (non-hydrogen) atoms. The molecule has 0 spiro atoms. The van der Waals surface area contributed by atoms with Gasteiger partial charge in [0.25, 0.3) is 0 Å². The second-order valence-corrected chi connectivity index (χ2v) is 1.26. The highest BCUT2D eigenvalue weighted by Crippen LogP contribution is 1.81. The Morgan fingerprint density at radius 1 is 1.80 bits per heavy atom. The van der Waals surface area contributed by atoms with Gasteiger partial charge in [0.1, 0.15) is 0 Å². The molecule has 0 fully saturated rings. The Hall–Kier alpha value is -0.100. The predicted molar refractivity (Wildman–Crippen MR) is 21.0 cm³/mol. The van der Waals surface area contributed by atoms with Crippen LogP contribution in [0.5, 0.6) is 0 Å². The van der Waals surface area contributed by atoms with E-state index in [1.54, 1.807) is 0 Å². The van der Waals surface area contributed by atoms with Gasteiger partial charge in [0.05, 0.1) is 14.6 Å². The monoisotopic (exact) mass is 91.0 g/mol. The van der Waals surface area contributed by atoms with E-state index in [1.165, 1.54) is 6.29 Å². The van der Waals surface area contributed by atoms with Gasteiger partial charge < -0.3 is 4.57 Å². The fourth-order valence-corrected chi connectivity index (χ4v) is 0.102. The molecule has 0 amide bonds. The summed E-state index contributed by atoms with van der Waals surface area (Å²) in [6.07, 6.45) is 1.60. The Balaban J connectivity index is 2.65. The molecular weight excluding hydrogens is 87.0 g/mol. The van der Waals surface area contributed by atoms with Crippen LogP contribution < -0.4 is 0 Å². The van der Waals surface area contributed by atoms with Crippen LogP contribution in [0.25, 0.3) is 0 Å². The fourth-order valence-electron chi connectivity index (χ4n) is 0.0340. The van der Waals surface area contributed by atoms with Crippen molar-refractivity contribution < 1.29 is 9.36 Å². The van der Waals surface area contributed by atoms with Crippen molar-refractivity contribution in [2.24, 2.45) is 0 Å². The zero-order valence-electron chi connectivity index (χ0n) is 2.60. The normalized spacial score (nSPS) is 9.60. The van der Waals surface area contributed by atoms with Crippen molar-refractivity contribution in [3.05, 3.63) is 0 Å². The summed E-state index contributed by atoms with van der Waals surface area (Å²) in [5.74, 6) is 0. The molecule has 0 aromatic carbocycles. The van der Waals surface area contributed by atoms with E-state index >= 15 is 0 Å². The van der Waals surface area contributed by atoms with Crippen LogP contribution in [0.2, 0.25) is 0 Å². The van der Waals surface area contributed by atoms with Crippen molar-refractivity contribution in [3.63, 3.8) is 0 Å². The van der Waals surface area contributed by atoms with E-state index in [0.29, 0.717) is 0 Å². The first kappa shape index (κ1) is 4.90. The van der Waals surface area contributed by atoms with E-state index in [2.05, 4.69) is 0 Å². The number of carbonyl (C=O) groups excluding carboxylic acids is 1. The van der Waals surface area contributed by atoms with E-state index in [-0.39, 0.29) is 6.16 Å². The Kier molecular flexibility index (Phi) is 3.82. The Morgan fingerprint density at radius 2 is 2.40 bits per heavy atom. The lowest BCUT2D eigenvalue weighted by Crippen LogP contribution is -1.64. The van der Waals surface area contributed by atoms with Gasteiger partial charge in [-0.1, -0.05) is 0 Å². The van der Waals surface area contributed by atoms with Crippen LogP contribution in [-0.4, -0.2) is 12.4 Å². The van der Waals surface area contributed by atoms with Crippen molar-refractivity contribution >= 4 is 14.7 Å². The maximum Gasteiger partial charge on any atom is 0.205 e. The molecule has 0 aromatic heterocycles. The summed E-state index contributed by atoms with van der Waals surface area (Å²) in [6, 6.07) is 0. The van der Waals surface area contributed by atoms with Crippen molar-refractivity contribution in [1.82, 2.24) is 0 Å². The number of hydrogen-bond donors (Lipinski definition) is 0. The average Bonchev–Trinajstić information content (AvgIpc) is 1.41. The summed E-state index contributed by atoms with van der Waals surface area (Å²) in [7, 11) is -0.888. The van der Waals surface area contributed by atoms with Gasteiger partial charge in [-0.3, -0.25) is 4.79 Å². The molecule has 0 N–H and O–H groups in total. The van der Waals surface area contributed by atoms with Crippen LogP contribution in [0.4, 0.5) is 0 Å². The third-order valence-electron chi connectivity index (χ3n) is 0.167. The predicted octanol–water partition coefficient (Wildman–Crippen LogP) is -0.148. The standard InChI is InChI=1S/C2H4O2P/c3-1-2-5-4/h2,5H2. The van der Waals surface area contributed by atoms with Gasteiger partial charge in [-0.15, -0.1) is 0 Å². The second kappa shape index (κ2) is 3.90. The largest absolute Gasteiger partial charge is 0.330 e. The SMILES string of the molecule is O=[C]C[PH2]=O. The maximum absolute atomic E-state index is 9.35. The van der Waals surface area contributed by atoms with E-state index in [1.807, 2.05) is 0 Å². The minimum absolute atomic E-state index is 0.111. The molecule has 1 radical (unpaired) electrons. The molecule has 0 aliphatic rings. The minimum Gasteiger partial charge on any atom is -0.330 e. The third-order valence-corrected chi connectivity index (χ3v) is 0.500. The fraction of sp³-hybridized carbons (Fsp3) is 0.500. The first-order valence-corrected chi connectivity index (χ1v) is 2.49. The smallest absolute Gasteiger partial charge is 0.205 e. The molecule has 0 saturated heterocycles. The van der Waals surface area contributed by atoms with Crippen LogP contribution in [0.1, 0.15) is 0 Å². The molecular formula is C2H4O2P. The average molecular weight is 91.0 g/mol. The van der Waals surface area contributed by atoms with E-state index in [0.717, 1.165) is 0 Å². The Labute approximate surface area is 31.4 Å². The van der Waals surface area contributed by atoms with Crippen molar-refractivity contribution in [2.75, 3.05) is 6.16 Å². The third kappa shape index (κ3) is 3.90. The summed E-state index contributed by atoms with van der Waals surface area (Å²) in [6.45, 7) is 0. The first-order valence-electron chi connectivity index (χ1n) is 1.20. The van der Waals surface area contributed by atoms with Gasteiger partial charge in [0.2, 0.25) is 6.29 Å². The topological polar surface area (TPSA) is 34.1 Å². The molecule has 0 aromatic rings. The number of hydrogen-bond acceptors (Lipinski definition) is 2. The van der Waals surface area contributed by atoms with Crippen molar-refractivity contribution in [2.45, 2.75) is 0 Å². The van der Waals surface area contributed by atoms with Crippen LogP contribution in [0.3, 0.4) is 0 Å². The van der Waals surface area contributed by atoms with Crippen molar-refractivity contribution in [3.8, 4) is 0 Å². The Bertz CT molecular complexity index is 36.9. The van der Waals surface area contributed by atoms with Gasteiger partial charge in [-0.05, 0) is 0 Å². The summed E-state index contributed by atoms with van der Waals surface area (Å²) in [5.41, 5.74) is 0. The van der Waals surface area contributed by atoms with E-state index in [9.17, 15) is 4.57 Å². The lowest BCUT2D eigenvalue weighted by Gasteiger charge is -1.53. The van der Waals surface area contributed by atoms with Gasteiger partial charge in [0.15, 0.2) is 0 Å². The lowest BCUT2D eigenvalue weighted by molar-refractivity contribution is 0.558. The van der Waals surface area contributed by atoms with Crippen LogP contribution in [0.15, 0.2) is 0 Å². The number of rotatable bonds is 2. The van der Waals surface area contributed by atoms with Crippen molar-refractivity contribution in [1.29, 1.82) is 0 Å². The molecule has 29 valence electrons. The first-order chi connectivity index (χ1) is 2.41. The van der Waals surface area contributed by atoms with Crippen LogP contribution in [-0.2, 0) is 9.36 Å². The summed E-state index contributed by atoms with van der Waals surface area (Å²) >= 11 is 0. The molecule has 2 nitrogen and oxygen atoms in total. The molecule has 0 heterocycles. The second-order valence-electron chi connectivity index (χ2n) is 0.515. The van der Waals surface area contributed by atoms with Gasteiger partial charge in [0, 0.05) is 0 Å². The molecule has 1 atom stereocenters. The zero-order chi connectivity index (χ0) is 4.12. The quantitative estimate of drug-likeness (QED) is 0.443. The molecule has 0 saturated carbocycles. The minimum atomic E-state index is -0.888. The highest BCUT2D eigenvalue weighted by atomic mass is 31.1. The summed E-state index contributed by atoms with van der Waals surface area (Å²) < 4.78 is 9.35. The highest BCUT2D eigenvalue weighted by molar-refractivity contribution is 7.24. The van der Waals surface area contributed by atoms with Crippen LogP contribution in [0, 0.1) is 0 Å². The lowest BCUT2D eigenvalue weighted by atomic mass is 10.9. The maximum atomic E-state index is 9.35. The highest BCUT2D eigenvalue weighted by Gasteiger charge is 1.66. The van der Waals surface area contributed by atoms with Gasteiger partial charge >= 0.3 is 0 Å². The van der Waals surface area contributed by atoms with E-state index < -0.39 is 8.46 Å². The molecule has 3 heteroatoms. The van der Waals surface area contributed by atoms with Crippen LogP contribution >= 0.6 is 8.46 Å².